The molecule has 1 aliphatic carbocycles. The maximum absolute atomic E-state index is 13.3. The van der Waals surface area contributed by atoms with Gasteiger partial charge in [0.05, 0.1) is 54.5 Å². The van der Waals surface area contributed by atoms with Gasteiger partial charge in [-0.25, -0.2) is 15.0 Å². The number of esters is 2. The highest BCUT2D eigenvalue weighted by Crippen LogP contribution is 2.49. The van der Waals surface area contributed by atoms with Gasteiger partial charge in [-0.3, -0.25) is 9.59 Å². The van der Waals surface area contributed by atoms with Crippen LogP contribution in [0.2, 0.25) is 0 Å². The van der Waals surface area contributed by atoms with Crippen LogP contribution in [0.25, 0.3) is 0 Å². The second kappa shape index (κ2) is 11.7. The first-order chi connectivity index (χ1) is 21.9. The fourth-order valence-electron chi connectivity index (χ4n) is 7.42. The number of aliphatic hydroxyl groups is 2. The number of fused-ring (bicyclic) bond motifs is 5. The van der Waals surface area contributed by atoms with Gasteiger partial charge in [0.2, 0.25) is 0 Å². The van der Waals surface area contributed by atoms with E-state index in [2.05, 4.69) is 19.2 Å². The normalized spacial score (nSPS) is 25.8. The van der Waals surface area contributed by atoms with Crippen LogP contribution < -0.4 is 5.32 Å². The van der Waals surface area contributed by atoms with Gasteiger partial charge in [-0.1, -0.05) is 13.8 Å². The van der Waals surface area contributed by atoms with Crippen molar-refractivity contribution in [3.8, 4) is 0 Å². The molecule has 3 N–H and O–H groups in total. The number of methoxy groups -OCH3 is 2. The van der Waals surface area contributed by atoms with Crippen molar-refractivity contribution in [1.82, 2.24) is 5.32 Å². The topological polar surface area (TPSA) is 142 Å². The summed E-state index contributed by atoms with van der Waals surface area (Å²) in [7, 11) is 2.66. The molecular weight excluding hydrogens is 584 g/mol. The van der Waals surface area contributed by atoms with E-state index < -0.39 is 18.0 Å². The fraction of sp³-hybridized carbons (Fsp3) is 0.417. The Kier molecular flexibility index (Phi) is 7.96. The molecule has 240 valence electrons. The molecule has 6 rings (SSSR count). The molecule has 0 spiro atoms. The molecule has 1 saturated heterocycles. The molecule has 0 radical (unpaired) electrons. The van der Waals surface area contributed by atoms with Crippen LogP contribution in [0.15, 0.2) is 106 Å². The Morgan fingerprint density at radius 2 is 1.67 bits per heavy atom. The summed E-state index contributed by atoms with van der Waals surface area (Å²) in [5.41, 5.74) is 11.0. The van der Waals surface area contributed by atoms with Gasteiger partial charge in [-0.05, 0) is 81.1 Å². The van der Waals surface area contributed by atoms with Crippen LogP contribution in [0.1, 0.15) is 60.8 Å². The van der Waals surface area contributed by atoms with Gasteiger partial charge in [-0.15, -0.1) is 0 Å². The lowest BCUT2D eigenvalue weighted by Gasteiger charge is -2.20. The summed E-state index contributed by atoms with van der Waals surface area (Å²) in [5, 5.41) is 26.1. The minimum absolute atomic E-state index is 0.107. The van der Waals surface area contributed by atoms with E-state index in [1.54, 1.807) is 6.92 Å². The molecule has 5 heterocycles. The highest BCUT2D eigenvalue weighted by molar-refractivity contribution is 6.24. The maximum Gasteiger partial charge on any atom is 0.321 e. The Labute approximate surface area is 268 Å². The lowest BCUT2D eigenvalue weighted by Crippen LogP contribution is -2.25. The largest absolute Gasteiger partial charge is 0.510 e. The number of nitrogens with zero attached hydrogens (tertiary/aromatic N) is 3. The first-order valence-corrected chi connectivity index (χ1v) is 15.7. The monoisotopic (exact) mass is 624 g/mol. The van der Waals surface area contributed by atoms with E-state index in [9.17, 15) is 19.8 Å². The van der Waals surface area contributed by atoms with E-state index in [0.717, 1.165) is 51.4 Å². The highest BCUT2D eigenvalue weighted by Gasteiger charge is 2.49. The van der Waals surface area contributed by atoms with E-state index in [0.29, 0.717) is 46.1 Å². The van der Waals surface area contributed by atoms with Gasteiger partial charge in [0.15, 0.2) is 0 Å². The number of rotatable bonds is 6. The van der Waals surface area contributed by atoms with Gasteiger partial charge in [0.1, 0.15) is 11.7 Å². The Morgan fingerprint density at radius 3 is 2.33 bits per heavy atom. The third-order valence-corrected chi connectivity index (χ3v) is 9.96. The van der Waals surface area contributed by atoms with Gasteiger partial charge in [-0.2, -0.15) is 0 Å². The summed E-state index contributed by atoms with van der Waals surface area (Å²) in [6.07, 6.45) is 6.42. The van der Waals surface area contributed by atoms with Crippen molar-refractivity contribution in [3.63, 3.8) is 0 Å². The molecule has 0 amide bonds. The molecule has 10 heteroatoms. The number of carbonyl (C=O) groups is 2. The van der Waals surface area contributed by atoms with Crippen LogP contribution in [0, 0.1) is 17.8 Å². The van der Waals surface area contributed by atoms with E-state index in [1.807, 2.05) is 39.0 Å². The Balaban J connectivity index is 1.66. The van der Waals surface area contributed by atoms with Crippen molar-refractivity contribution in [2.45, 2.75) is 66.9 Å². The van der Waals surface area contributed by atoms with E-state index in [1.165, 1.54) is 14.2 Å². The number of aliphatic imine (C=N–C) groups is 3. The number of allylic oxidation sites excluding steroid dienone is 10. The summed E-state index contributed by atoms with van der Waals surface area (Å²) >= 11 is 0. The lowest BCUT2D eigenvalue weighted by molar-refractivity contribution is -0.143. The van der Waals surface area contributed by atoms with E-state index in [-0.39, 0.29) is 30.0 Å². The predicted molar refractivity (Wildman–Crippen MR) is 176 cm³/mol. The van der Waals surface area contributed by atoms with Crippen LogP contribution in [0.4, 0.5) is 0 Å². The van der Waals surface area contributed by atoms with Crippen molar-refractivity contribution in [2.75, 3.05) is 14.2 Å². The van der Waals surface area contributed by atoms with Crippen molar-refractivity contribution in [1.29, 1.82) is 0 Å². The lowest BCUT2D eigenvalue weighted by atomic mass is 9.84. The average molecular weight is 625 g/mol. The number of carbonyl (C=O) groups excluding carboxylic acids is 2. The highest BCUT2D eigenvalue weighted by atomic mass is 16.5. The standard InChI is InChI=1S/C36H40N4O6/c1-9-20-15(2)22-14-27-29(19(6)41)17(4)24(38-27)12-23-16(3)21(10-11-28(42)45-7)33(39-23)31-32(36(44)46-8)35(43)30-18(5)25(40-34(30)31)13-26(20)37-22/h12-14,16,19,21,32,39,41,43H,9-11H2,1-8H3/t16-,19?,21-,32+/m0/s1. The molecule has 0 aromatic carbocycles. The van der Waals surface area contributed by atoms with Gasteiger partial charge in [0.25, 0.3) is 0 Å². The van der Waals surface area contributed by atoms with Crippen LogP contribution in [-0.2, 0) is 19.1 Å². The Morgan fingerprint density at radius 1 is 0.978 bits per heavy atom. The first kappa shape index (κ1) is 31.4. The minimum Gasteiger partial charge on any atom is -0.510 e. The van der Waals surface area contributed by atoms with Crippen molar-refractivity contribution in [3.05, 3.63) is 91.5 Å². The summed E-state index contributed by atoms with van der Waals surface area (Å²) < 4.78 is 10.2. The van der Waals surface area contributed by atoms with Crippen molar-refractivity contribution in [2.24, 2.45) is 32.7 Å². The summed E-state index contributed by atoms with van der Waals surface area (Å²) in [6, 6.07) is 0. The molecular formula is C36H40N4O6. The molecule has 46 heavy (non-hydrogen) atoms. The quantitative estimate of drug-likeness (QED) is 0.336. The van der Waals surface area contributed by atoms with E-state index in [4.69, 9.17) is 24.5 Å². The number of nitrogens with one attached hydrogen (secondary N) is 1. The minimum atomic E-state index is -1.08. The van der Waals surface area contributed by atoms with Crippen LogP contribution in [0.3, 0.4) is 0 Å². The predicted octanol–water partition coefficient (Wildman–Crippen LogP) is 5.39. The average Bonchev–Trinajstić information content (AvgIpc) is 3.76. The first-order valence-electron chi connectivity index (χ1n) is 15.7. The molecule has 0 aromatic rings. The second-order valence-corrected chi connectivity index (χ2v) is 12.5. The third kappa shape index (κ3) is 4.78. The number of hydrogen-bond donors (Lipinski definition) is 3. The van der Waals surface area contributed by atoms with Crippen molar-refractivity contribution >= 4 is 29.1 Å². The Hall–Kier alpha value is -4.57. The smallest absolute Gasteiger partial charge is 0.321 e. The molecule has 4 atom stereocenters. The SMILES string of the molecule is CCC1=C(C)C2=NC1=CC1=C(C)C3=C(O)[C@H](C(=O)OC)C(=C4NC(=CC5=NC(=C2)C(C(C)O)=C5C)[C@@H](C)[C@@H]4CCC(=O)OC)C3=N1. The summed E-state index contributed by atoms with van der Waals surface area (Å²) in [4.78, 5) is 40.7. The van der Waals surface area contributed by atoms with Gasteiger partial charge >= 0.3 is 11.9 Å². The Bertz CT molecular complexity index is 1840. The zero-order chi connectivity index (χ0) is 33.2. The second-order valence-electron chi connectivity index (χ2n) is 12.5. The van der Waals surface area contributed by atoms with Crippen LogP contribution >= 0.6 is 0 Å². The fourth-order valence-corrected chi connectivity index (χ4v) is 7.42. The van der Waals surface area contributed by atoms with E-state index >= 15 is 0 Å². The van der Waals surface area contributed by atoms with Crippen LogP contribution in [-0.4, -0.2) is 59.6 Å². The van der Waals surface area contributed by atoms with Crippen LogP contribution in [0.5, 0.6) is 0 Å². The molecule has 10 nitrogen and oxygen atoms in total. The molecule has 0 saturated carbocycles. The molecule has 5 aliphatic heterocycles. The van der Waals surface area contributed by atoms with Gasteiger partial charge in [0, 0.05) is 46.4 Å². The number of ether oxygens (including phenoxy) is 2. The molecule has 6 aliphatic rings. The molecule has 8 bridgehead atoms. The number of hydrogen-bond acceptors (Lipinski definition) is 10. The van der Waals surface area contributed by atoms with Gasteiger partial charge < -0.3 is 25.0 Å². The molecule has 1 unspecified atom stereocenters. The maximum atomic E-state index is 13.3. The van der Waals surface area contributed by atoms with Crippen molar-refractivity contribution < 1.29 is 29.3 Å². The zero-order valence-electron chi connectivity index (χ0n) is 27.5. The molecule has 0 aromatic heterocycles. The number of aliphatic hydroxyl groups excluding tert-OH is 2. The summed E-state index contributed by atoms with van der Waals surface area (Å²) in [6.45, 7) is 11.7. The third-order valence-electron chi connectivity index (χ3n) is 9.96. The zero-order valence-corrected chi connectivity index (χ0v) is 27.5. The summed E-state index contributed by atoms with van der Waals surface area (Å²) in [5.74, 6) is -2.49. The molecule has 1 fully saturated rings.